The Morgan fingerprint density at radius 1 is 1.50 bits per heavy atom. The van der Waals surface area contributed by atoms with Crippen LogP contribution in [0.4, 0.5) is 5.69 Å². The van der Waals surface area contributed by atoms with Crippen LogP contribution in [0.1, 0.15) is 25.8 Å². The molecule has 0 bridgehead atoms. The Morgan fingerprint density at radius 2 is 2.12 bits per heavy atom. The van der Waals surface area contributed by atoms with Gasteiger partial charge in [0.15, 0.2) is 0 Å². The number of hydrogen-bond acceptors (Lipinski definition) is 2. The summed E-state index contributed by atoms with van der Waals surface area (Å²) in [6.45, 7) is 5.50. The van der Waals surface area contributed by atoms with Gasteiger partial charge in [0.2, 0.25) is 5.91 Å². The van der Waals surface area contributed by atoms with Gasteiger partial charge in [0.25, 0.3) is 0 Å². The summed E-state index contributed by atoms with van der Waals surface area (Å²) in [5, 5.41) is 3.45. The van der Waals surface area contributed by atoms with Crippen LogP contribution in [0.3, 0.4) is 0 Å². The minimum atomic E-state index is -0.503. The Hall–Kier alpha value is -1.06. The highest BCUT2D eigenvalue weighted by Crippen LogP contribution is 2.23. The van der Waals surface area contributed by atoms with Gasteiger partial charge in [0, 0.05) is 22.7 Å². The van der Waals surface area contributed by atoms with Crippen molar-refractivity contribution in [3.05, 3.63) is 28.8 Å². The monoisotopic (exact) mass is 240 g/mol. The predicted octanol–water partition coefficient (Wildman–Crippen LogP) is 2.71. The summed E-state index contributed by atoms with van der Waals surface area (Å²) in [5.74, 6) is -0.0992. The van der Waals surface area contributed by atoms with Crippen LogP contribution in [0.2, 0.25) is 5.02 Å². The maximum atomic E-state index is 11.7. The number of nitrogens with one attached hydrogen (secondary N) is 1. The second-order valence-electron chi connectivity index (χ2n) is 4.63. The van der Waals surface area contributed by atoms with Gasteiger partial charge in [-0.25, -0.2) is 0 Å². The first-order chi connectivity index (χ1) is 7.29. The number of halogens is 1. The molecular weight excluding hydrogens is 224 g/mol. The lowest BCUT2D eigenvalue weighted by Crippen LogP contribution is -2.36. The van der Waals surface area contributed by atoms with Crippen LogP contribution in [-0.4, -0.2) is 11.4 Å². The Morgan fingerprint density at radius 3 is 2.69 bits per heavy atom. The number of carbonyl (C=O) groups excluding carboxylic acids is 1. The third-order valence-corrected chi connectivity index (χ3v) is 2.57. The highest BCUT2D eigenvalue weighted by molar-refractivity contribution is 6.31. The lowest BCUT2D eigenvalue weighted by Gasteiger charge is -2.18. The SMILES string of the molecule is Cc1c(Cl)cccc1NC(=O)CC(C)(C)N. The summed E-state index contributed by atoms with van der Waals surface area (Å²) in [7, 11) is 0. The molecule has 3 nitrogen and oxygen atoms in total. The van der Waals surface area contributed by atoms with Crippen LogP contribution in [0.5, 0.6) is 0 Å². The van der Waals surface area contributed by atoms with Crippen molar-refractivity contribution in [2.45, 2.75) is 32.7 Å². The number of anilines is 1. The molecule has 16 heavy (non-hydrogen) atoms. The maximum Gasteiger partial charge on any atom is 0.226 e. The highest BCUT2D eigenvalue weighted by Gasteiger charge is 2.16. The first-order valence-electron chi connectivity index (χ1n) is 5.13. The van der Waals surface area contributed by atoms with Crippen LogP contribution < -0.4 is 11.1 Å². The summed E-state index contributed by atoms with van der Waals surface area (Å²) in [6.07, 6.45) is 0.277. The van der Waals surface area contributed by atoms with Gasteiger partial charge in [-0.1, -0.05) is 17.7 Å². The summed E-state index contributed by atoms with van der Waals surface area (Å²) in [4.78, 5) is 11.7. The van der Waals surface area contributed by atoms with E-state index in [0.717, 1.165) is 11.3 Å². The van der Waals surface area contributed by atoms with Crippen molar-refractivity contribution in [1.82, 2.24) is 0 Å². The van der Waals surface area contributed by atoms with E-state index in [2.05, 4.69) is 5.32 Å². The van der Waals surface area contributed by atoms with E-state index in [1.165, 1.54) is 0 Å². The second-order valence-corrected chi connectivity index (χ2v) is 5.03. The van der Waals surface area contributed by atoms with Gasteiger partial charge in [-0.3, -0.25) is 4.79 Å². The molecule has 0 spiro atoms. The summed E-state index contributed by atoms with van der Waals surface area (Å²) in [5.41, 5.74) is 6.87. The predicted molar refractivity (Wildman–Crippen MR) is 67.7 cm³/mol. The molecule has 0 aliphatic heterocycles. The standard InChI is InChI=1S/C12H17ClN2O/c1-8-9(13)5-4-6-10(8)15-11(16)7-12(2,3)14/h4-6H,7,14H2,1-3H3,(H,15,16). The van der Waals surface area contributed by atoms with E-state index in [-0.39, 0.29) is 12.3 Å². The number of carbonyl (C=O) groups is 1. The average Bonchev–Trinajstić information content (AvgIpc) is 2.09. The molecule has 0 saturated heterocycles. The summed E-state index contributed by atoms with van der Waals surface area (Å²) < 4.78 is 0. The zero-order valence-corrected chi connectivity index (χ0v) is 10.6. The largest absolute Gasteiger partial charge is 0.326 e. The van der Waals surface area contributed by atoms with Gasteiger partial charge in [-0.2, -0.15) is 0 Å². The maximum absolute atomic E-state index is 11.7. The fourth-order valence-electron chi connectivity index (χ4n) is 1.35. The average molecular weight is 241 g/mol. The van der Waals surface area contributed by atoms with E-state index in [9.17, 15) is 4.79 Å². The normalized spacial score (nSPS) is 11.3. The first-order valence-corrected chi connectivity index (χ1v) is 5.51. The van der Waals surface area contributed by atoms with Gasteiger partial charge in [-0.05, 0) is 38.5 Å². The van der Waals surface area contributed by atoms with E-state index in [1.807, 2.05) is 26.8 Å². The topological polar surface area (TPSA) is 55.1 Å². The summed E-state index contributed by atoms with van der Waals surface area (Å²) >= 11 is 5.95. The molecule has 0 saturated carbocycles. The lowest BCUT2D eigenvalue weighted by atomic mass is 10.0. The lowest BCUT2D eigenvalue weighted by molar-refractivity contribution is -0.117. The van der Waals surface area contributed by atoms with Crippen molar-refractivity contribution in [2.24, 2.45) is 5.73 Å². The molecule has 88 valence electrons. The van der Waals surface area contributed by atoms with Crippen molar-refractivity contribution in [3.63, 3.8) is 0 Å². The van der Waals surface area contributed by atoms with Crippen molar-refractivity contribution in [2.75, 3.05) is 5.32 Å². The first kappa shape index (κ1) is 13.0. The zero-order valence-electron chi connectivity index (χ0n) is 9.80. The Labute approximate surface area is 101 Å². The number of hydrogen-bond donors (Lipinski definition) is 2. The number of benzene rings is 1. The van der Waals surface area contributed by atoms with Gasteiger partial charge in [-0.15, -0.1) is 0 Å². The smallest absolute Gasteiger partial charge is 0.226 e. The van der Waals surface area contributed by atoms with Gasteiger partial charge >= 0.3 is 0 Å². The molecule has 0 fully saturated rings. The third-order valence-electron chi connectivity index (χ3n) is 2.16. The minimum absolute atomic E-state index is 0.0992. The molecule has 1 aromatic carbocycles. The Bertz CT molecular complexity index is 396. The highest BCUT2D eigenvalue weighted by atomic mass is 35.5. The third kappa shape index (κ3) is 3.83. The van der Waals surface area contributed by atoms with E-state index >= 15 is 0 Å². The molecule has 1 amide bonds. The summed E-state index contributed by atoms with van der Waals surface area (Å²) in [6, 6.07) is 5.42. The van der Waals surface area contributed by atoms with E-state index in [0.29, 0.717) is 5.02 Å². The Balaban J connectivity index is 2.74. The van der Waals surface area contributed by atoms with Crippen LogP contribution in [0, 0.1) is 6.92 Å². The van der Waals surface area contributed by atoms with Crippen molar-refractivity contribution >= 4 is 23.2 Å². The van der Waals surface area contributed by atoms with Crippen molar-refractivity contribution in [3.8, 4) is 0 Å². The molecule has 0 radical (unpaired) electrons. The van der Waals surface area contributed by atoms with Crippen LogP contribution in [-0.2, 0) is 4.79 Å². The van der Waals surface area contributed by atoms with Crippen LogP contribution in [0.25, 0.3) is 0 Å². The molecule has 0 aromatic heterocycles. The molecule has 3 N–H and O–H groups in total. The molecule has 0 heterocycles. The van der Waals surface area contributed by atoms with Gasteiger partial charge in [0.05, 0.1) is 0 Å². The molecular formula is C12H17ClN2O. The van der Waals surface area contributed by atoms with Gasteiger partial charge < -0.3 is 11.1 Å². The fraction of sp³-hybridized carbons (Fsp3) is 0.417. The van der Waals surface area contributed by atoms with E-state index in [1.54, 1.807) is 12.1 Å². The molecule has 0 aliphatic rings. The van der Waals surface area contributed by atoms with Crippen LogP contribution >= 0.6 is 11.6 Å². The van der Waals surface area contributed by atoms with Crippen molar-refractivity contribution in [1.29, 1.82) is 0 Å². The molecule has 1 rings (SSSR count). The van der Waals surface area contributed by atoms with E-state index in [4.69, 9.17) is 17.3 Å². The minimum Gasteiger partial charge on any atom is -0.326 e. The molecule has 0 aliphatic carbocycles. The van der Waals surface area contributed by atoms with E-state index < -0.39 is 5.54 Å². The fourth-order valence-corrected chi connectivity index (χ4v) is 1.53. The number of rotatable bonds is 3. The number of nitrogens with two attached hydrogens (primary N) is 1. The zero-order chi connectivity index (χ0) is 12.3. The molecule has 0 unspecified atom stereocenters. The Kier molecular flexibility index (Phi) is 3.94. The van der Waals surface area contributed by atoms with Gasteiger partial charge in [0.1, 0.15) is 0 Å². The molecule has 4 heteroatoms. The second kappa shape index (κ2) is 4.85. The quantitative estimate of drug-likeness (QED) is 0.854. The van der Waals surface area contributed by atoms with Crippen molar-refractivity contribution < 1.29 is 4.79 Å². The molecule has 0 atom stereocenters. The molecule has 1 aromatic rings. The number of amides is 1. The van der Waals surface area contributed by atoms with Crippen LogP contribution in [0.15, 0.2) is 18.2 Å².